The van der Waals surface area contributed by atoms with Crippen molar-refractivity contribution in [1.29, 1.82) is 0 Å². The van der Waals surface area contributed by atoms with Gasteiger partial charge in [0, 0.05) is 11.6 Å². The first-order valence-corrected chi connectivity index (χ1v) is 9.75. The van der Waals surface area contributed by atoms with E-state index in [4.69, 9.17) is 9.47 Å². The molecular weight excluding hydrogens is 372 g/mol. The molecule has 0 saturated carbocycles. The number of ether oxygens (including phenoxy) is 2. The average molecular weight is 394 g/mol. The highest BCUT2D eigenvalue weighted by Gasteiger charge is 2.14. The van der Waals surface area contributed by atoms with Gasteiger partial charge in [-0.3, -0.25) is 0 Å². The molecule has 0 aliphatic carbocycles. The van der Waals surface area contributed by atoms with Crippen LogP contribution in [0.4, 0.5) is 0 Å². The Morgan fingerprint density at radius 2 is 1.20 bits per heavy atom. The van der Waals surface area contributed by atoms with Crippen LogP contribution in [0.5, 0.6) is 11.6 Å². The molecule has 30 heavy (non-hydrogen) atoms. The zero-order chi connectivity index (χ0) is 20.6. The summed E-state index contributed by atoms with van der Waals surface area (Å²) in [7, 11) is 0. The van der Waals surface area contributed by atoms with E-state index in [-0.39, 0.29) is 0 Å². The first-order valence-electron chi connectivity index (χ1n) is 9.75. The van der Waals surface area contributed by atoms with Crippen LogP contribution < -0.4 is 9.47 Å². The number of hydrogen-bond acceptors (Lipinski definition) is 4. The Morgan fingerprint density at radius 1 is 0.667 bits per heavy atom. The number of nitrogens with zero attached hydrogens (tertiary/aromatic N) is 2. The second-order valence-electron chi connectivity index (χ2n) is 6.79. The third kappa shape index (κ3) is 4.92. The van der Waals surface area contributed by atoms with Crippen molar-refractivity contribution in [3.8, 4) is 11.6 Å². The molecule has 3 aromatic carbocycles. The molecule has 0 spiro atoms. The lowest BCUT2D eigenvalue weighted by Crippen LogP contribution is -2.05. The molecule has 0 fully saturated rings. The van der Waals surface area contributed by atoms with E-state index < -0.39 is 0 Å². The lowest BCUT2D eigenvalue weighted by Gasteiger charge is -2.13. The van der Waals surface area contributed by atoms with Crippen molar-refractivity contribution in [2.45, 2.75) is 13.2 Å². The van der Waals surface area contributed by atoms with Gasteiger partial charge in [0.15, 0.2) is 5.75 Å². The maximum atomic E-state index is 6.07. The quantitative estimate of drug-likeness (QED) is 0.385. The van der Waals surface area contributed by atoms with Crippen molar-refractivity contribution in [3.05, 3.63) is 126 Å². The summed E-state index contributed by atoms with van der Waals surface area (Å²) in [6.07, 6.45) is 0. The van der Waals surface area contributed by atoms with E-state index in [1.807, 2.05) is 97.1 Å². The Kier molecular flexibility index (Phi) is 6.16. The van der Waals surface area contributed by atoms with E-state index >= 15 is 0 Å². The normalized spacial score (nSPS) is 10.4. The topological polar surface area (TPSA) is 44.2 Å². The molecule has 0 aliphatic rings. The minimum absolute atomic E-state index is 0.361. The van der Waals surface area contributed by atoms with Gasteiger partial charge in [-0.05, 0) is 16.7 Å². The Hall–Kier alpha value is -3.92. The van der Waals surface area contributed by atoms with Crippen molar-refractivity contribution >= 4 is 5.57 Å². The zero-order valence-electron chi connectivity index (χ0n) is 16.6. The minimum atomic E-state index is 0.361. The third-order valence-corrected chi connectivity index (χ3v) is 4.61. The summed E-state index contributed by atoms with van der Waals surface area (Å²) in [6, 6.07) is 31.7. The van der Waals surface area contributed by atoms with E-state index in [1.54, 1.807) is 0 Å². The smallest absolute Gasteiger partial charge is 0.276 e. The Morgan fingerprint density at radius 3 is 1.80 bits per heavy atom. The number of benzene rings is 3. The van der Waals surface area contributed by atoms with Crippen LogP contribution >= 0.6 is 0 Å². The predicted octanol–water partition coefficient (Wildman–Crippen LogP) is 5.70. The predicted molar refractivity (Wildman–Crippen MR) is 118 cm³/mol. The maximum Gasteiger partial charge on any atom is 0.276 e. The first kappa shape index (κ1) is 19.4. The minimum Gasteiger partial charge on any atom is -0.483 e. The fourth-order valence-electron chi connectivity index (χ4n) is 2.96. The SMILES string of the molecule is C=C(c1ccccc1)c1cc(OCc2ccccc2)c(OCc2ccccc2)nn1. The Labute approximate surface area is 176 Å². The number of aromatic nitrogens is 2. The molecule has 4 heteroatoms. The fourth-order valence-corrected chi connectivity index (χ4v) is 2.96. The first-order chi connectivity index (χ1) is 14.8. The van der Waals surface area contributed by atoms with Gasteiger partial charge >= 0.3 is 0 Å². The monoisotopic (exact) mass is 394 g/mol. The molecule has 1 aromatic heterocycles. The molecule has 4 aromatic rings. The van der Waals surface area contributed by atoms with Crippen LogP contribution in [0.15, 0.2) is 104 Å². The van der Waals surface area contributed by atoms with Crippen LogP contribution in [0.1, 0.15) is 22.4 Å². The summed E-state index contributed by atoms with van der Waals surface area (Å²) in [5.41, 5.74) is 4.52. The molecule has 0 saturated heterocycles. The van der Waals surface area contributed by atoms with Crippen molar-refractivity contribution in [3.63, 3.8) is 0 Å². The molecule has 0 unspecified atom stereocenters. The molecular formula is C26H22N2O2. The highest BCUT2D eigenvalue weighted by molar-refractivity contribution is 5.76. The van der Waals surface area contributed by atoms with E-state index in [9.17, 15) is 0 Å². The Bertz CT molecular complexity index is 1100. The van der Waals surface area contributed by atoms with E-state index in [0.29, 0.717) is 30.5 Å². The molecule has 148 valence electrons. The number of rotatable bonds is 8. The van der Waals surface area contributed by atoms with Gasteiger partial charge in [-0.1, -0.05) is 97.6 Å². The highest BCUT2D eigenvalue weighted by atomic mass is 16.5. The van der Waals surface area contributed by atoms with Crippen LogP contribution in [0.3, 0.4) is 0 Å². The molecule has 0 amide bonds. The second kappa shape index (κ2) is 9.52. The van der Waals surface area contributed by atoms with Crippen molar-refractivity contribution in [2.75, 3.05) is 0 Å². The molecule has 0 bridgehead atoms. The largest absolute Gasteiger partial charge is 0.483 e. The van der Waals surface area contributed by atoms with Crippen molar-refractivity contribution in [2.24, 2.45) is 0 Å². The summed E-state index contributed by atoms with van der Waals surface area (Å²) in [4.78, 5) is 0. The van der Waals surface area contributed by atoms with Gasteiger partial charge in [0.2, 0.25) is 0 Å². The van der Waals surface area contributed by atoms with Gasteiger partial charge in [0.1, 0.15) is 13.2 Å². The maximum absolute atomic E-state index is 6.07. The highest BCUT2D eigenvalue weighted by Crippen LogP contribution is 2.30. The van der Waals surface area contributed by atoms with Gasteiger partial charge < -0.3 is 9.47 Å². The molecule has 0 atom stereocenters. The lowest BCUT2D eigenvalue weighted by atomic mass is 10.0. The van der Waals surface area contributed by atoms with Gasteiger partial charge in [0.25, 0.3) is 5.88 Å². The van der Waals surface area contributed by atoms with Crippen LogP contribution in [0.2, 0.25) is 0 Å². The summed E-state index contributed by atoms with van der Waals surface area (Å²) < 4.78 is 12.0. The third-order valence-electron chi connectivity index (χ3n) is 4.61. The van der Waals surface area contributed by atoms with Gasteiger partial charge in [-0.2, -0.15) is 0 Å². The van der Waals surface area contributed by atoms with Crippen LogP contribution in [0.25, 0.3) is 5.57 Å². The van der Waals surface area contributed by atoms with Gasteiger partial charge in [-0.25, -0.2) is 0 Å². The summed E-state index contributed by atoms with van der Waals surface area (Å²) in [5, 5.41) is 8.62. The standard InChI is InChI=1S/C26H22N2O2/c1-20(23-15-9-4-10-16-23)24-17-25(29-18-21-11-5-2-6-12-21)26(28-27-24)30-19-22-13-7-3-8-14-22/h2-17H,1,18-19H2. The van der Waals surface area contributed by atoms with Gasteiger partial charge in [0.05, 0.1) is 5.69 Å². The fraction of sp³-hybridized carbons (Fsp3) is 0.0769. The number of hydrogen-bond donors (Lipinski definition) is 0. The average Bonchev–Trinajstić information content (AvgIpc) is 2.83. The second-order valence-corrected chi connectivity index (χ2v) is 6.79. The van der Waals surface area contributed by atoms with E-state index in [0.717, 1.165) is 22.3 Å². The van der Waals surface area contributed by atoms with Crippen LogP contribution in [-0.4, -0.2) is 10.2 Å². The molecule has 1 heterocycles. The molecule has 0 N–H and O–H groups in total. The van der Waals surface area contributed by atoms with Crippen molar-refractivity contribution < 1.29 is 9.47 Å². The molecule has 0 aliphatic heterocycles. The summed E-state index contributed by atoms with van der Waals surface area (Å²) in [6.45, 7) is 4.97. The van der Waals surface area contributed by atoms with Gasteiger partial charge in [-0.15, -0.1) is 10.2 Å². The summed E-state index contributed by atoms with van der Waals surface area (Å²) >= 11 is 0. The summed E-state index contributed by atoms with van der Waals surface area (Å²) in [5.74, 6) is 0.899. The van der Waals surface area contributed by atoms with Crippen LogP contribution in [-0.2, 0) is 13.2 Å². The van der Waals surface area contributed by atoms with Crippen LogP contribution in [0, 0.1) is 0 Å². The molecule has 4 rings (SSSR count). The molecule has 4 nitrogen and oxygen atoms in total. The molecule has 0 radical (unpaired) electrons. The lowest BCUT2D eigenvalue weighted by molar-refractivity contribution is 0.244. The Balaban J connectivity index is 1.58. The zero-order valence-corrected chi connectivity index (χ0v) is 16.6. The van der Waals surface area contributed by atoms with E-state index in [2.05, 4.69) is 16.8 Å². The van der Waals surface area contributed by atoms with E-state index in [1.165, 1.54) is 0 Å². The van der Waals surface area contributed by atoms with Crippen molar-refractivity contribution in [1.82, 2.24) is 10.2 Å².